The first-order chi connectivity index (χ1) is 17.8. The maximum Gasteiger partial charge on any atom is 0.198 e. The summed E-state index contributed by atoms with van der Waals surface area (Å²) in [4.78, 5) is 11.5. The van der Waals surface area contributed by atoms with Gasteiger partial charge in [-0.15, -0.1) is 0 Å². The first kappa shape index (κ1) is 24.3. The molecule has 0 fully saturated rings. The summed E-state index contributed by atoms with van der Waals surface area (Å²) in [5.41, 5.74) is 1.10. The fraction of sp³-hybridized carbons (Fsp3) is 0.222. The highest BCUT2D eigenvalue weighted by atomic mass is 19.1. The van der Waals surface area contributed by atoms with E-state index >= 15 is 8.78 Å². The van der Waals surface area contributed by atoms with Crippen molar-refractivity contribution in [3.05, 3.63) is 77.4 Å². The number of H-pyrrole nitrogens is 1. The Morgan fingerprint density at radius 2 is 1.95 bits per heavy atom. The molecule has 5 rings (SSSR count). The molecule has 3 heterocycles. The van der Waals surface area contributed by atoms with Crippen molar-refractivity contribution in [3.63, 3.8) is 0 Å². The molecule has 0 bridgehead atoms. The van der Waals surface area contributed by atoms with Crippen molar-refractivity contribution in [3.8, 4) is 28.7 Å². The van der Waals surface area contributed by atoms with Crippen LogP contribution < -0.4 is 4.74 Å². The van der Waals surface area contributed by atoms with Crippen molar-refractivity contribution in [2.75, 3.05) is 19.8 Å². The minimum Gasteiger partial charge on any atom is -0.480 e. The number of benzene rings is 2. The molecule has 1 aliphatic rings. The number of ether oxygens (including phenoxy) is 2. The normalized spacial score (nSPS) is 17.2. The van der Waals surface area contributed by atoms with E-state index in [4.69, 9.17) is 9.47 Å². The van der Waals surface area contributed by atoms with Crippen LogP contribution in [0.25, 0.3) is 22.2 Å². The van der Waals surface area contributed by atoms with Gasteiger partial charge in [0.1, 0.15) is 23.3 Å². The van der Waals surface area contributed by atoms with Gasteiger partial charge in [0.2, 0.25) is 0 Å². The average molecular weight is 506 g/mol. The van der Waals surface area contributed by atoms with E-state index < -0.39 is 28.6 Å². The fourth-order valence-corrected chi connectivity index (χ4v) is 4.04. The van der Waals surface area contributed by atoms with Crippen molar-refractivity contribution in [2.45, 2.75) is 13.3 Å². The van der Waals surface area contributed by atoms with Crippen LogP contribution in [0.2, 0.25) is 0 Å². The zero-order valence-corrected chi connectivity index (χ0v) is 19.7. The molecule has 0 radical (unpaired) electrons. The largest absolute Gasteiger partial charge is 0.480 e. The molecule has 2 N–H and O–H groups in total. The number of nitrogens with zero attached hydrogens (tertiary/aromatic N) is 3. The van der Waals surface area contributed by atoms with Crippen LogP contribution in [0.15, 0.2) is 53.8 Å². The third kappa shape index (κ3) is 4.73. The molecule has 4 aromatic rings. The fourth-order valence-electron chi connectivity index (χ4n) is 4.04. The van der Waals surface area contributed by atoms with Crippen LogP contribution >= 0.6 is 0 Å². The Kier molecular flexibility index (Phi) is 6.31. The average Bonchev–Trinajstić information content (AvgIpc) is 3.33. The molecule has 0 saturated carbocycles. The highest BCUT2D eigenvalue weighted by molar-refractivity contribution is 5.98. The second-order valence-corrected chi connectivity index (χ2v) is 9.18. The van der Waals surface area contributed by atoms with Crippen molar-refractivity contribution < 1.29 is 27.8 Å². The lowest BCUT2D eigenvalue weighted by atomic mass is 9.92. The van der Waals surface area contributed by atoms with Crippen molar-refractivity contribution in [2.24, 2.45) is 10.4 Å². The zero-order valence-electron chi connectivity index (χ0n) is 19.7. The van der Waals surface area contributed by atoms with E-state index in [2.05, 4.69) is 15.0 Å². The lowest BCUT2D eigenvalue weighted by Gasteiger charge is -2.30. The van der Waals surface area contributed by atoms with Gasteiger partial charge in [-0.1, -0.05) is 13.0 Å². The van der Waals surface area contributed by atoms with E-state index in [1.165, 1.54) is 30.5 Å². The smallest absolute Gasteiger partial charge is 0.198 e. The molecule has 10 heteroatoms. The van der Waals surface area contributed by atoms with Gasteiger partial charge in [-0.05, 0) is 41.5 Å². The highest BCUT2D eigenvalue weighted by Gasteiger charge is 2.29. The molecule has 0 amide bonds. The number of pyridine rings is 1. The third-order valence-corrected chi connectivity index (χ3v) is 6.16. The Bertz CT molecular complexity index is 1550. The number of hydrogen-bond donors (Lipinski definition) is 2. The molecule has 7 nitrogen and oxygen atoms in total. The van der Waals surface area contributed by atoms with Gasteiger partial charge in [0.15, 0.2) is 23.3 Å². The van der Waals surface area contributed by atoms with Gasteiger partial charge in [-0.25, -0.2) is 18.2 Å². The number of fused-ring (bicyclic) bond motifs is 1. The minimum atomic E-state index is -0.915. The van der Waals surface area contributed by atoms with Gasteiger partial charge in [-0.3, -0.25) is 4.99 Å². The summed E-state index contributed by atoms with van der Waals surface area (Å²) in [5.74, 6) is -2.62. The summed E-state index contributed by atoms with van der Waals surface area (Å²) in [5, 5.41) is 19.0. The van der Waals surface area contributed by atoms with Crippen LogP contribution in [0.4, 0.5) is 13.2 Å². The minimum absolute atomic E-state index is 0.0785. The van der Waals surface area contributed by atoms with Crippen LogP contribution in [0, 0.1) is 34.2 Å². The molecule has 1 unspecified atom stereocenters. The summed E-state index contributed by atoms with van der Waals surface area (Å²) in [6.07, 6.45) is 3.11. The van der Waals surface area contributed by atoms with Gasteiger partial charge >= 0.3 is 0 Å². The standard InChI is InChI=1S/C27H21F3N4O3/c1-27(13-35)12-34-23(36-14-27)8-15-6-20(29)25(21(30)7-15)37-22-4-5-32-26-24(22)18(11-33-26)16-2-3-19(28)17(9-16)10-31/h2-7,9,11,35H,8,12-14H2,1H3,(H,32,33). The van der Waals surface area contributed by atoms with Crippen LogP contribution in [0.3, 0.4) is 0 Å². The number of aromatic amines is 1. The number of aliphatic hydroxyl groups excluding tert-OH is 1. The maximum absolute atomic E-state index is 15.0. The summed E-state index contributed by atoms with van der Waals surface area (Å²) in [6, 6.07) is 9.61. The molecule has 37 heavy (non-hydrogen) atoms. The Labute approximate surface area is 209 Å². The van der Waals surface area contributed by atoms with Crippen molar-refractivity contribution in [1.82, 2.24) is 9.97 Å². The Morgan fingerprint density at radius 3 is 2.62 bits per heavy atom. The van der Waals surface area contributed by atoms with E-state index in [1.807, 2.05) is 6.92 Å². The van der Waals surface area contributed by atoms with Gasteiger partial charge in [-0.2, -0.15) is 5.26 Å². The van der Waals surface area contributed by atoms with E-state index in [1.54, 1.807) is 12.3 Å². The summed E-state index contributed by atoms with van der Waals surface area (Å²) < 4.78 is 55.2. The SMILES string of the molecule is CC1(CO)CN=C(Cc2cc(F)c(Oc3ccnc4[nH]cc(-c5ccc(F)c(C#N)c5)c34)c(F)c2)OC1. The van der Waals surface area contributed by atoms with E-state index in [-0.39, 0.29) is 30.9 Å². The molecule has 1 aliphatic heterocycles. The number of aromatic nitrogens is 2. The van der Waals surface area contributed by atoms with Crippen LogP contribution in [0.1, 0.15) is 18.1 Å². The van der Waals surface area contributed by atoms with Gasteiger partial charge in [0.05, 0.1) is 30.7 Å². The molecule has 0 aliphatic carbocycles. The van der Waals surface area contributed by atoms with E-state index in [9.17, 15) is 14.8 Å². The van der Waals surface area contributed by atoms with Crippen molar-refractivity contribution in [1.29, 1.82) is 5.26 Å². The van der Waals surface area contributed by atoms with E-state index in [0.717, 1.165) is 12.1 Å². The first-order valence-electron chi connectivity index (χ1n) is 11.4. The van der Waals surface area contributed by atoms with Crippen LogP contribution in [-0.2, 0) is 11.2 Å². The maximum atomic E-state index is 15.0. The number of nitriles is 1. The lowest BCUT2D eigenvalue weighted by Crippen LogP contribution is -2.36. The zero-order chi connectivity index (χ0) is 26.2. The first-order valence-corrected chi connectivity index (χ1v) is 11.4. The molecule has 2 aromatic heterocycles. The predicted octanol–water partition coefficient (Wildman–Crippen LogP) is 5.28. The molecule has 2 aromatic carbocycles. The molecule has 188 valence electrons. The van der Waals surface area contributed by atoms with Crippen LogP contribution in [0.5, 0.6) is 11.5 Å². The third-order valence-electron chi connectivity index (χ3n) is 6.16. The number of aliphatic imine (C=N–C) groups is 1. The van der Waals surface area contributed by atoms with Crippen LogP contribution in [-0.4, -0.2) is 40.7 Å². The quantitative estimate of drug-likeness (QED) is 0.370. The predicted molar refractivity (Wildman–Crippen MR) is 130 cm³/mol. The number of rotatable bonds is 6. The second-order valence-electron chi connectivity index (χ2n) is 9.18. The van der Waals surface area contributed by atoms with E-state index in [0.29, 0.717) is 40.2 Å². The topological polar surface area (TPSA) is 104 Å². The molecular weight excluding hydrogens is 485 g/mol. The molecule has 1 atom stereocenters. The van der Waals surface area contributed by atoms with Gasteiger partial charge in [0, 0.05) is 29.8 Å². The highest BCUT2D eigenvalue weighted by Crippen LogP contribution is 2.38. The van der Waals surface area contributed by atoms with Crippen molar-refractivity contribution >= 4 is 16.9 Å². The van der Waals surface area contributed by atoms with Gasteiger partial charge < -0.3 is 19.6 Å². The summed E-state index contributed by atoms with van der Waals surface area (Å²) >= 11 is 0. The molecule has 0 saturated heterocycles. The number of nitrogens with one attached hydrogen (secondary N) is 1. The lowest BCUT2D eigenvalue weighted by molar-refractivity contribution is 0.0691. The monoisotopic (exact) mass is 506 g/mol. The Balaban J connectivity index is 1.46. The summed E-state index contributed by atoms with van der Waals surface area (Å²) in [7, 11) is 0. The molecule has 0 spiro atoms. The van der Waals surface area contributed by atoms with Gasteiger partial charge in [0.25, 0.3) is 0 Å². The number of aliphatic hydroxyl groups is 1. The Morgan fingerprint density at radius 1 is 1.16 bits per heavy atom. The Hall–Kier alpha value is -4.36. The molecular formula is C27H21F3N4O3. The number of hydrogen-bond acceptors (Lipinski definition) is 6. The second kappa shape index (κ2) is 9.59. The summed E-state index contributed by atoms with van der Waals surface area (Å²) in [6.45, 7) is 2.37. The number of halogens is 3.